The minimum atomic E-state index is -5.12. The Morgan fingerprint density at radius 1 is 0.487 bits per heavy atom. The molecule has 0 amide bonds. The van der Waals surface area contributed by atoms with Gasteiger partial charge < -0.3 is 35.6 Å². The molecule has 0 saturated carbocycles. The Bertz CT molecular complexity index is 4150. The van der Waals surface area contributed by atoms with Gasteiger partial charge in [0.15, 0.2) is 5.75 Å². The molecule has 0 aliphatic carbocycles. The van der Waals surface area contributed by atoms with Crippen LogP contribution in [-0.4, -0.2) is 209 Å². The van der Waals surface area contributed by atoms with Crippen LogP contribution in [0.25, 0.3) is 21.5 Å². The number of nitrogens with one attached hydrogen (secondary N) is 3. The third kappa shape index (κ3) is 15.5. The van der Waals surface area contributed by atoms with E-state index >= 15 is 0 Å². The quantitative estimate of drug-likeness (QED) is 0.0258. The van der Waals surface area contributed by atoms with Gasteiger partial charge in [-0.2, -0.15) is 53.7 Å². The van der Waals surface area contributed by atoms with Gasteiger partial charge in [0.05, 0.1) is 51.4 Å². The van der Waals surface area contributed by atoms with Gasteiger partial charge in [0, 0.05) is 147 Å². The van der Waals surface area contributed by atoms with Crippen LogP contribution < -0.4 is 25.4 Å². The molecule has 0 spiro atoms. The Labute approximate surface area is 532 Å². The summed E-state index contributed by atoms with van der Waals surface area (Å²) in [6, 6.07) is 23.5. The average Bonchev–Trinajstić information content (AvgIpc) is 3.32. The molecule has 0 fully saturated rings. The van der Waals surface area contributed by atoms with E-state index in [1.54, 1.807) is 43.3 Å². The number of nitrogens with zero attached hydrogens (tertiary/aromatic N) is 7. The zero-order chi connectivity index (χ0) is 53.5. The molecule has 34 heteroatoms. The van der Waals surface area contributed by atoms with Crippen LogP contribution in [0.3, 0.4) is 0 Å². The Morgan fingerprint density at radius 2 is 1.03 bits per heavy atom. The van der Waals surface area contributed by atoms with Gasteiger partial charge in [0.2, 0.25) is 17.8 Å². The number of para-hydroxylation sites is 1. The number of hydrogen-bond donors (Lipinski definition) is 9. The van der Waals surface area contributed by atoms with E-state index in [1.807, 2.05) is 0 Å². The van der Waals surface area contributed by atoms with Crippen molar-refractivity contribution in [3.05, 3.63) is 115 Å². The first-order chi connectivity index (χ1) is 34.8. The molecule has 7 aromatic carbocycles. The normalized spacial score (nSPS) is 11.8. The topological polar surface area (TPSA) is 401 Å². The molecule has 8 aromatic rings. The third-order valence-electron chi connectivity index (χ3n) is 10.5. The molecule has 0 unspecified atom stereocenters. The summed E-state index contributed by atoms with van der Waals surface area (Å²) in [4.78, 5) is 10.5. The van der Waals surface area contributed by atoms with Gasteiger partial charge in [0.1, 0.15) is 33.5 Å². The number of methoxy groups -OCH3 is 2. The predicted molar refractivity (Wildman–Crippen MR) is 289 cm³/mol. The fourth-order valence-electron chi connectivity index (χ4n) is 7.13. The number of anilines is 6. The maximum Gasteiger partial charge on any atom is 0.296 e. The van der Waals surface area contributed by atoms with Crippen molar-refractivity contribution in [2.24, 2.45) is 20.5 Å². The van der Waals surface area contributed by atoms with Gasteiger partial charge in [-0.25, -0.2) is 0 Å². The third-order valence-corrected chi connectivity index (χ3v) is 13.9. The van der Waals surface area contributed by atoms with Crippen molar-refractivity contribution in [3.8, 4) is 23.0 Å². The van der Waals surface area contributed by atoms with E-state index in [0.29, 0.717) is 11.3 Å². The summed E-state index contributed by atoms with van der Waals surface area (Å²) in [6.07, 6.45) is 0. The first-order valence-electron chi connectivity index (χ1n) is 20.6. The van der Waals surface area contributed by atoms with Crippen LogP contribution in [0.2, 0.25) is 0 Å². The molecule has 0 saturated heterocycles. The molecule has 9 N–H and O–H groups in total. The summed E-state index contributed by atoms with van der Waals surface area (Å²) in [5, 5.41) is 47.0. The number of fused-ring (bicyclic) bond motifs is 2. The smallest absolute Gasteiger partial charge is 0.296 e. The Morgan fingerprint density at radius 3 is 1.60 bits per heavy atom. The molecule has 0 bridgehead atoms. The number of phenolic OH excluding ortho intramolecular Hbond substituents is 2. The minimum absolute atomic E-state index is 0. The van der Waals surface area contributed by atoms with Crippen molar-refractivity contribution in [2.75, 3.05) is 30.2 Å². The summed E-state index contributed by atoms with van der Waals surface area (Å²) in [5.41, 5.74) is 0.357. The molecule has 8 rings (SSSR count). The fourth-order valence-corrected chi connectivity index (χ4v) is 9.36. The Balaban J connectivity index is 0.00000328. The van der Waals surface area contributed by atoms with Gasteiger partial charge in [-0.15, -0.1) is 15.3 Å². The monoisotopic (exact) mass is 1180 g/mol. The number of aromatic hydroxyl groups is 2. The molecule has 386 valence electrons. The number of phenols is 2. The van der Waals surface area contributed by atoms with Crippen LogP contribution in [-0.2, 0) is 40.5 Å². The van der Waals surface area contributed by atoms with Gasteiger partial charge in [-0.05, 0) is 102 Å². The van der Waals surface area contributed by atoms with Gasteiger partial charge >= 0.3 is 0 Å². The molecule has 1 aromatic heterocycles. The van der Waals surface area contributed by atoms with E-state index < -0.39 is 77.2 Å². The van der Waals surface area contributed by atoms with Crippen LogP contribution in [0.1, 0.15) is 5.56 Å². The Hall–Kier alpha value is -4.49. The van der Waals surface area contributed by atoms with Crippen molar-refractivity contribution < 1.29 is 71.6 Å². The second kappa shape index (κ2) is 26.4. The SMILES string of the molecule is COc1ccc(S(=O)(=O)O)cc1N=Nc1c(S(=O)(=O)O)cc2cc(Nc3nc(Nc4ccccc4)nc(Nc4cc(C)c(N=Nc5cc(S(=O)(=O)O)cc6cc(S(=O)(=O)O)cc(O)c56)cc4OC)n3)ccc2c1O.[Na].[Na].[Na].[Na]. The van der Waals surface area contributed by atoms with Crippen molar-refractivity contribution in [3.63, 3.8) is 0 Å². The molecule has 0 aliphatic rings. The van der Waals surface area contributed by atoms with Crippen LogP contribution in [0.5, 0.6) is 23.0 Å². The number of rotatable bonds is 16. The average molecular weight is 1180 g/mol. The van der Waals surface area contributed by atoms with Crippen molar-refractivity contribution >= 4 is 238 Å². The van der Waals surface area contributed by atoms with Crippen LogP contribution in [0.4, 0.5) is 57.7 Å². The number of ether oxygens (including phenoxy) is 2. The second-order valence-electron chi connectivity index (χ2n) is 15.5. The summed E-state index contributed by atoms with van der Waals surface area (Å²) >= 11 is 0. The zero-order valence-electron chi connectivity index (χ0n) is 41.9. The number of aryl methyl sites for hydroxylation is 1. The molecular formula is C44H36N10Na4O16S4. The maximum absolute atomic E-state index is 12.7. The molecule has 1 heterocycles. The number of azo groups is 2. The largest absolute Gasteiger partial charge is 0.507 e. The first-order valence-corrected chi connectivity index (χ1v) is 26.4. The number of hydrogen-bond acceptors (Lipinski definition) is 22. The Kier molecular flexibility index (Phi) is 22.3. The standard InChI is InChI=1S/C44H36N10O16S4.4Na/c1-22-13-32(37(70-3)21-31(22)51-53-34-19-28(72(60,61)62)15-24-16-29(73(63,64)65)20-35(55)39(24)34)47-44-49-42(45-25-7-5-4-6-8-25)48-43(50-44)46-26-9-11-30-23(14-26)17-38(74(66,67)68)40(41(30)56)54-52-33-18-27(71(57,58)59)10-12-36(33)69-2;;;;/h4-21,55-56H,1-3H3,(H,57,58,59)(H,60,61,62)(H,63,64,65)(H,66,67,68)(H3,45,46,47,48,49,50);;;;. The number of benzene rings is 7. The molecule has 0 atom stereocenters. The summed E-state index contributed by atoms with van der Waals surface area (Å²) < 4.78 is 147. The van der Waals surface area contributed by atoms with E-state index in [2.05, 4.69) is 51.4 Å². The summed E-state index contributed by atoms with van der Waals surface area (Å²) in [7, 11) is -17.0. The minimum Gasteiger partial charge on any atom is -0.507 e. The van der Waals surface area contributed by atoms with E-state index in [0.717, 1.165) is 48.5 Å². The number of aromatic nitrogens is 3. The van der Waals surface area contributed by atoms with Crippen molar-refractivity contribution in [1.29, 1.82) is 0 Å². The van der Waals surface area contributed by atoms with Crippen LogP contribution in [0.15, 0.2) is 149 Å². The summed E-state index contributed by atoms with van der Waals surface area (Å²) in [5.74, 6) is -1.48. The van der Waals surface area contributed by atoms with Gasteiger partial charge in [-0.3, -0.25) is 18.2 Å². The van der Waals surface area contributed by atoms with Crippen molar-refractivity contribution in [1.82, 2.24) is 15.0 Å². The van der Waals surface area contributed by atoms with Gasteiger partial charge in [0.25, 0.3) is 40.5 Å². The van der Waals surface area contributed by atoms with E-state index in [-0.39, 0.29) is 198 Å². The zero-order valence-corrected chi connectivity index (χ0v) is 53.2. The molecule has 0 aliphatic heterocycles. The van der Waals surface area contributed by atoms with Crippen molar-refractivity contribution in [2.45, 2.75) is 26.5 Å². The van der Waals surface area contributed by atoms with Crippen LogP contribution >= 0.6 is 0 Å². The van der Waals surface area contributed by atoms with E-state index in [1.165, 1.54) is 38.5 Å². The summed E-state index contributed by atoms with van der Waals surface area (Å²) in [6.45, 7) is 1.63. The van der Waals surface area contributed by atoms with E-state index in [9.17, 15) is 62.1 Å². The predicted octanol–water partition coefficient (Wildman–Crippen LogP) is 7.44. The first kappa shape index (κ1) is 66.0. The molecule has 78 heavy (non-hydrogen) atoms. The van der Waals surface area contributed by atoms with Crippen LogP contribution in [0, 0.1) is 6.92 Å². The van der Waals surface area contributed by atoms with E-state index in [4.69, 9.17) is 9.47 Å². The fraction of sp³-hybridized carbons (Fsp3) is 0.0682. The van der Waals surface area contributed by atoms with Gasteiger partial charge in [-0.1, -0.05) is 18.2 Å². The maximum atomic E-state index is 12.7. The molecule has 26 nitrogen and oxygen atoms in total. The molecule has 4 radical (unpaired) electrons. The second-order valence-corrected chi connectivity index (χ2v) is 21.2. The molecular weight excluding hydrogens is 1140 g/mol.